The summed E-state index contributed by atoms with van der Waals surface area (Å²) in [5.41, 5.74) is 0.545. The maximum atomic E-state index is 13.1. The van der Waals surface area contributed by atoms with Gasteiger partial charge in [0.1, 0.15) is 11.5 Å². The van der Waals surface area contributed by atoms with Crippen LogP contribution in [0, 0.1) is 17.8 Å². The van der Waals surface area contributed by atoms with E-state index in [2.05, 4.69) is 12.1 Å². The molecule has 2 fully saturated rings. The van der Waals surface area contributed by atoms with Crippen molar-refractivity contribution in [1.29, 1.82) is 0 Å². The second kappa shape index (κ2) is 6.54. The summed E-state index contributed by atoms with van der Waals surface area (Å²) >= 11 is 0. The first kappa shape index (κ1) is 17.3. The highest BCUT2D eigenvalue weighted by atomic mass is 16.6. The lowest BCUT2D eigenvalue weighted by Crippen LogP contribution is -2.40. The van der Waals surface area contributed by atoms with Crippen molar-refractivity contribution < 1.29 is 19.1 Å². The summed E-state index contributed by atoms with van der Waals surface area (Å²) in [6, 6.07) is 10.1. The van der Waals surface area contributed by atoms with Gasteiger partial charge in [0.2, 0.25) is 5.91 Å². The summed E-state index contributed by atoms with van der Waals surface area (Å²) in [4.78, 5) is 27.5. The van der Waals surface area contributed by atoms with E-state index in [1.54, 1.807) is 0 Å². The summed E-state index contributed by atoms with van der Waals surface area (Å²) in [5.74, 6) is -0.997. The zero-order valence-corrected chi connectivity index (χ0v) is 15.3. The quantitative estimate of drug-likeness (QED) is 0.580. The van der Waals surface area contributed by atoms with Gasteiger partial charge in [-0.25, -0.2) is 0 Å². The number of ether oxygens (including phenoxy) is 2. The predicted octanol–water partition coefficient (Wildman–Crippen LogP) is 2.21. The second-order valence-electron chi connectivity index (χ2n) is 7.92. The number of hydrogen-bond donors (Lipinski definition) is 0. The number of carbonyl (C=O) groups excluding carboxylic acids is 2. The Hall–Kier alpha value is -2.14. The Morgan fingerprint density at radius 3 is 2.85 bits per heavy atom. The molecule has 1 aromatic carbocycles. The van der Waals surface area contributed by atoms with Crippen molar-refractivity contribution in [3.8, 4) is 0 Å². The molecule has 0 radical (unpaired) electrons. The molecule has 0 N–H and O–H groups in total. The summed E-state index contributed by atoms with van der Waals surface area (Å²) < 4.78 is 11.5. The van der Waals surface area contributed by atoms with Gasteiger partial charge in [-0.3, -0.25) is 9.59 Å². The minimum absolute atomic E-state index is 0.0132. The molecular weight excluding hydrogens is 330 g/mol. The Labute approximate surface area is 154 Å². The highest BCUT2D eigenvalue weighted by molar-refractivity contribution is 5.91. The van der Waals surface area contributed by atoms with Crippen LogP contribution in [0.5, 0.6) is 0 Å². The fraction of sp³-hybridized carbons (Fsp3) is 0.524. The number of carbonyl (C=O) groups is 2. The largest absolute Gasteiger partial charge is 0.465 e. The van der Waals surface area contributed by atoms with Crippen molar-refractivity contribution in [1.82, 2.24) is 4.90 Å². The number of esters is 1. The van der Waals surface area contributed by atoms with E-state index in [9.17, 15) is 9.59 Å². The van der Waals surface area contributed by atoms with Gasteiger partial charge in [-0.2, -0.15) is 0 Å². The third-order valence-corrected chi connectivity index (χ3v) is 5.52. The van der Waals surface area contributed by atoms with Crippen molar-refractivity contribution >= 4 is 11.9 Å². The first-order chi connectivity index (χ1) is 12.5. The zero-order chi connectivity index (χ0) is 18.3. The Morgan fingerprint density at radius 1 is 1.35 bits per heavy atom. The molecule has 5 heteroatoms. The Morgan fingerprint density at radius 2 is 2.12 bits per heavy atom. The van der Waals surface area contributed by atoms with E-state index in [1.807, 2.05) is 49.1 Å². The molecule has 26 heavy (non-hydrogen) atoms. The molecule has 1 unspecified atom stereocenters. The zero-order valence-electron chi connectivity index (χ0n) is 15.3. The Kier molecular flexibility index (Phi) is 4.35. The molecule has 4 rings (SSSR count). The fourth-order valence-corrected chi connectivity index (χ4v) is 4.29. The van der Waals surface area contributed by atoms with Crippen molar-refractivity contribution in [2.24, 2.45) is 17.8 Å². The van der Waals surface area contributed by atoms with Crippen molar-refractivity contribution in [3.05, 3.63) is 48.0 Å². The van der Waals surface area contributed by atoms with E-state index in [1.165, 1.54) is 5.56 Å². The molecule has 1 aromatic rings. The minimum atomic E-state index is -0.653. The number of hydrogen-bond acceptors (Lipinski definition) is 4. The molecule has 3 aliphatic rings. The second-order valence-corrected chi connectivity index (χ2v) is 7.92. The number of likely N-dealkylation sites (tertiary alicyclic amines) is 1. The first-order valence-corrected chi connectivity index (χ1v) is 9.37. The molecule has 0 aromatic heterocycles. The lowest BCUT2D eigenvalue weighted by molar-refractivity contribution is -0.154. The van der Waals surface area contributed by atoms with Crippen LogP contribution in [0.2, 0.25) is 0 Å². The van der Waals surface area contributed by atoms with Gasteiger partial charge in [0.05, 0.1) is 25.2 Å². The maximum absolute atomic E-state index is 13.1. The molecule has 4 atom stereocenters. The van der Waals surface area contributed by atoms with Crippen LogP contribution < -0.4 is 0 Å². The van der Waals surface area contributed by atoms with E-state index in [4.69, 9.17) is 9.47 Å². The van der Waals surface area contributed by atoms with Gasteiger partial charge >= 0.3 is 5.97 Å². The van der Waals surface area contributed by atoms with E-state index in [0.717, 1.165) is 6.42 Å². The van der Waals surface area contributed by atoms with Gasteiger partial charge in [-0.1, -0.05) is 56.3 Å². The standard InChI is InChI=1S/C21H25NO4/c1-14(2)12-25-20(24)17-16-8-10-21(26-16)13-22(19(23)18(17)21)11-9-15-6-4-3-5-7-15/h3-8,10,14,16-18H,9,11-13H2,1-2H3/t16-,17?,18+,21-/m1/s1. The molecule has 1 amide bonds. The molecule has 138 valence electrons. The molecule has 2 saturated heterocycles. The molecule has 1 spiro atoms. The SMILES string of the molecule is CC(C)COC(=O)C1[C@H]2C(=O)N(CCc3ccccc3)C[C@]23C=C[C@H]1O3. The molecule has 3 heterocycles. The van der Waals surface area contributed by atoms with E-state index in [0.29, 0.717) is 19.7 Å². The normalized spacial score (nSPS) is 31.7. The van der Waals surface area contributed by atoms with Gasteiger partial charge in [0.15, 0.2) is 0 Å². The van der Waals surface area contributed by atoms with Crippen molar-refractivity contribution in [2.75, 3.05) is 19.7 Å². The summed E-state index contributed by atoms with van der Waals surface area (Å²) in [6.45, 7) is 5.52. The van der Waals surface area contributed by atoms with Crippen LogP contribution in [0.3, 0.4) is 0 Å². The van der Waals surface area contributed by atoms with Gasteiger partial charge < -0.3 is 14.4 Å². The van der Waals surface area contributed by atoms with Gasteiger partial charge in [0.25, 0.3) is 0 Å². The molecule has 3 aliphatic heterocycles. The Bertz CT molecular complexity index is 729. The number of fused-ring (bicyclic) bond motifs is 1. The Balaban J connectivity index is 1.47. The minimum Gasteiger partial charge on any atom is -0.465 e. The molecule has 2 bridgehead atoms. The lowest BCUT2D eigenvalue weighted by atomic mass is 9.77. The molecule has 5 nitrogen and oxygen atoms in total. The van der Waals surface area contributed by atoms with Gasteiger partial charge in [-0.05, 0) is 17.9 Å². The predicted molar refractivity (Wildman–Crippen MR) is 96.2 cm³/mol. The first-order valence-electron chi connectivity index (χ1n) is 9.37. The van der Waals surface area contributed by atoms with E-state index >= 15 is 0 Å². The van der Waals surface area contributed by atoms with E-state index < -0.39 is 17.4 Å². The number of nitrogens with zero attached hydrogens (tertiary/aromatic N) is 1. The third-order valence-electron chi connectivity index (χ3n) is 5.52. The number of rotatable bonds is 6. The van der Waals surface area contributed by atoms with Gasteiger partial charge in [-0.15, -0.1) is 0 Å². The summed E-state index contributed by atoms with van der Waals surface area (Å²) in [7, 11) is 0. The highest BCUT2D eigenvalue weighted by Gasteiger charge is 2.67. The number of amides is 1. The third kappa shape index (κ3) is 2.84. The highest BCUT2D eigenvalue weighted by Crippen LogP contribution is 2.52. The average molecular weight is 355 g/mol. The van der Waals surface area contributed by atoms with Crippen molar-refractivity contribution in [2.45, 2.75) is 32.0 Å². The van der Waals surface area contributed by atoms with Crippen LogP contribution in [0.1, 0.15) is 19.4 Å². The fourth-order valence-electron chi connectivity index (χ4n) is 4.29. The van der Waals surface area contributed by atoms with Crippen molar-refractivity contribution in [3.63, 3.8) is 0 Å². The topological polar surface area (TPSA) is 55.8 Å². The van der Waals surface area contributed by atoms with Crippen LogP contribution in [-0.2, 0) is 25.5 Å². The van der Waals surface area contributed by atoms with Crippen LogP contribution in [-0.4, -0.2) is 48.2 Å². The number of benzene rings is 1. The molecular formula is C21H25NO4. The van der Waals surface area contributed by atoms with Crippen LogP contribution in [0.25, 0.3) is 0 Å². The smallest absolute Gasteiger partial charge is 0.312 e. The lowest BCUT2D eigenvalue weighted by Gasteiger charge is -2.23. The maximum Gasteiger partial charge on any atom is 0.312 e. The molecule has 0 saturated carbocycles. The van der Waals surface area contributed by atoms with Gasteiger partial charge in [0, 0.05) is 6.54 Å². The van der Waals surface area contributed by atoms with Crippen LogP contribution in [0.4, 0.5) is 0 Å². The van der Waals surface area contributed by atoms with Crippen LogP contribution in [0.15, 0.2) is 42.5 Å². The van der Waals surface area contributed by atoms with Crippen LogP contribution >= 0.6 is 0 Å². The van der Waals surface area contributed by atoms with E-state index in [-0.39, 0.29) is 23.9 Å². The summed E-state index contributed by atoms with van der Waals surface area (Å²) in [6.07, 6.45) is 4.37. The monoisotopic (exact) mass is 355 g/mol. The summed E-state index contributed by atoms with van der Waals surface area (Å²) in [5, 5.41) is 0. The molecule has 0 aliphatic carbocycles. The average Bonchev–Trinajstić information content (AvgIpc) is 3.27.